The molecule has 1 atom stereocenters. The van der Waals surface area contributed by atoms with Crippen molar-refractivity contribution in [2.75, 3.05) is 18.5 Å². The number of hydrogen-bond acceptors (Lipinski definition) is 2. The topological polar surface area (TPSA) is 29.3 Å². The molecule has 0 aromatic heterocycles. The molecule has 0 bridgehead atoms. The Balaban J connectivity index is 2.42. The largest absolute Gasteiger partial charge is 0.366 e. The van der Waals surface area contributed by atoms with E-state index in [2.05, 4.69) is 24.0 Å². The average Bonchev–Trinajstić information content (AvgIpc) is 2.44. The number of nitrogens with two attached hydrogens (primary N) is 1. The van der Waals surface area contributed by atoms with Crippen LogP contribution in [-0.4, -0.2) is 13.6 Å². The lowest BCUT2D eigenvalue weighted by molar-refractivity contribution is 0.613. The number of anilines is 1. The monoisotopic (exact) mass is 272 g/mol. The summed E-state index contributed by atoms with van der Waals surface area (Å²) >= 11 is 0. The third kappa shape index (κ3) is 2.83. The molecule has 0 fully saturated rings. The maximum Gasteiger partial charge on any atom is 0.123 e. The fourth-order valence-electron chi connectivity index (χ4n) is 2.59. The molecule has 0 radical (unpaired) electrons. The van der Waals surface area contributed by atoms with Crippen molar-refractivity contribution >= 4 is 5.69 Å². The van der Waals surface area contributed by atoms with E-state index in [1.807, 2.05) is 26.1 Å². The lowest BCUT2D eigenvalue weighted by Gasteiger charge is -2.31. The van der Waals surface area contributed by atoms with Gasteiger partial charge in [0.15, 0.2) is 0 Å². The van der Waals surface area contributed by atoms with E-state index in [-0.39, 0.29) is 11.9 Å². The van der Waals surface area contributed by atoms with Gasteiger partial charge in [-0.05, 0) is 48.7 Å². The maximum absolute atomic E-state index is 13.5. The van der Waals surface area contributed by atoms with Crippen LogP contribution in [0.3, 0.4) is 0 Å². The van der Waals surface area contributed by atoms with Crippen LogP contribution in [0.1, 0.15) is 22.7 Å². The Kier molecular flexibility index (Phi) is 4.40. The highest BCUT2D eigenvalue weighted by molar-refractivity contribution is 5.54. The van der Waals surface area contributed by atoms with Crippen molar-refractivity contribution in [1.29, 1.82) is 0 Å². The van der Waals surface area contributed by atoms with Crippen LogP contribution >= 0.6 is 0 Å². The second kappa shape index (κ2) is 6.06. The zero-order valence-electron chi connectivity index (χ0n) is 12.2. The summed E-state index contributed by atoms with van der Waals surface area (Å²) in [6.45, 7) is 4.50. The van der Waals surface area contributed by atoms with Gasteiger partial charge in [0.25, 0.3) is 0 Å². The van der Waals surface area contributed by atoms with Crippen LogP contribution in [0.4, 0.5) is 10.1 Å². The van der Waals surface area contributed by atoms with E-state index >= 15 is 0 Å². The number of rotatable bonds is 4. The second-order valence-electron chi connectivity index (χ2n) is 5.15. The van der Waals surface area contributed by atoms with Crippen LogP contribution in [0.5, 0.6) is 0 Å². The highest BCUT2D eigenvalue weighted by Crippen LogP contribution is 2.29. The van der Waals surface area contributed by atoms with E-state index in [1.54, 1.807) is 12.1 Å². The van der Waals surface area contributed by atoms with Crippen molar-refractivity contribution in [2.24, 2.45) is 5.73 Å². The number of hydrogen-bond donors (Lipinski definition) is 1. The molecule has 20 heavy (non-hydrogen) atoms. The molecule has 2 aromatic carbocycles. The minimum atomic E-state index is -0.220. The standard InChI is InChI=1S/C17H21FN2/c1-12-8-9-14(18)10-15(12)17(11-19)20(3)16-7-5-4-6-13(16)2/h4-10,17H,11,19H2,1-3H3. The van der Waals surface area contributed by atoms with Crippen LogP contribution in [0.2, 0.25) is 0 Å². The van der Waals surface area contributed by atoms with Crippen LogP contribution in [0.15, 0.2) is 42.5 Å². The third-order valence-corrected chi connectivity index (χ3v) is 3.79. The highest BCUT2D eigenvalue weighted by atomic mass is 19.1. The smallest absolute Gasteiger partial charge is 0.123 e. The van der Waals surface area contributed by atoms with Crippen molar-refractivity contribution in [3.8, 4) is 0 Å². The molecular formula is C17H21FN2. The van der Waals surface area contributed by atoms with E-state index in [4.69, 9.17) is 5.73 Å². The Morgan fingerprint density at radius 2 is 1.80 bits per heavy atom. The van der Waals surface area contributed by atoms with Crippen molar-refractivity contribution in [3.05, 3.63) is 65.0 Å². The minimum absolute atomic E-state index is 0.0354. The summed E-state index contributed by atoms with van der Waals surface area (Å²) in [6.07, 6.45) is 0. The first-order valence-electron chi connectivity index (χ1n) is 6.79. The summed E-state index contributed by atoms with van der Waals surface area (Å²) in [5.41, 5.74) is 10.2. The van der Waals surface area contributed by atoms with Gasteiger partial charge < -0.3 is 10.6 Å². The molecule has 106 valence electrons. The van der Waals surface area contributed by atoms with Crippen molar-refractivity contribution in [2.45, 2.75) is 19.9 Å². The van der Waals surface area contributed by atoms with Crippen molar-refractivity contribution < 1.29 is 4.39 Å². The predicted octanol–water partition coefficient (Wildman–Crippen LogP) is 3.58. The van der Waals surface area contributed by atoms with Gasteiger partial charge in [0, 0.05) is 19.3 Å². The zero-order chi connectivity index (χ0) is 14.7. The van der Waals surface area contributed by atoms with Crippen LogP contribution < -0.4 is 10.6 Å². The summed E-state index contributed by atoms with van der Waals surface area (Å²) in [5, 5.41) is 0. The first kappa shape index (κ1) is 14.5. The molecule has 2 N–H and O–H groups in total. The molecule has 0 saturated carbocycles. The van der Waals surface area contributed by atoms with Crippen LogP contribution in [0, 0.1) is 19.7 Å². The van der Waals surface area contributed by atoms with Crippen molar-refractivity contribution in [3.63, 3.8) is 0 Å². The van der Waals surface area contributed by atoms with E-state index in [9.17, 15) is 4.39 Å². The lowest BCUT2D eigenvalue weighted by Crippen LogP contribution is -2.31. The van der Waals surface area contributed by atoms with E-state index < -0.39 is 0 Å². The van der Waals surface area contributed by atoms with Gasteiger partial charge in [0.1, 0.15) is 5.82 Å². The number of halogens is 1. The van der Waals surface area contributed by atoms with Crippen LogP contribution in [0.25, 0.3) is 0 Å². The minimum Gasteiger partial charge on any atom is -0.366 e. The highest BCUT2D eigenvalue weighted by Gasteiger charge is 2.19. The average molecular weight is 272 g/mol. The molecule has 2 aromatic rings. The molecule has 2 nitrogen and oxygen atoms in total. The second-order valence-corrected chi connectivity index (χ2v) is 5.15. The molecule has 0 heterocycles. The molecule has 1 unspecified atom stereocenters. The summed E-state index contributed by atoms with van der Waals surface area (Å²) in [7, 11) is 2.00. The van der Waals surface area contributed by atoms with Gasteiger partial charge >= 0.3 is 0 Å². The van der Waals surface area contributed by atoms with Gasteiger partial charge in [-0.3, -0.25) is 0 Å². The fourth-order valence-corrected chi connectivity index (χ4v) is 2.59. The lowest BCUT2D eigenvalue weighted by atomic mass is 9.99. The Morgan fingerprint density at radius 1 is 1.10 bits per heavy atom. The number of para-hydroxylation sites is 1. The zero-order valence-corrected chi connectivity index (χ0v) is 12.2. The first-order chi connectivity index (χ1) is 9.54. The third-order valence-electron chi connectivity index (χ3n) is 3.79. The van der Waals surface area contributed by atoms with Gasteiger partial charge in [-0.2, -0.15) is 0 Å². The molecule has 0 saturated heterocycles. The predicted molar refractivity (Wildman–Crippen MR) is 82.5 cm³/mol. The fraction of sp³-hybridized carbons (Fsp3) is 0.294. The summed E-state index contributed by atoms with van der Waals surface area (Å²) < 4.78 is 13.5. The molecule has 0 aliphatic heterocycles. The molecule has 0 aliphatic carbocycles. The molecule has 3 heteroatoms. The molecule has 2 rings (SSSR count). The van der Waals surface area contributed by atoms with Gasteiger partial charge in [-0.25, -0.2) is 4.39 Å². The Hall–Kier alpha value is -1.87. The van der Waals surface area contributed by atoms with Crippen LogP contribution in [-0.2, 0) is 0 Å². The Morgan fingerprint density at radius 3 is 2.45 bits per heavy atom. The van der Waals surface area contributed by atoms with Gasteiger partial charge in [-0.1, -0.05) is 24.3 Å². The maximum atomic E-state index is 13.5. The quantitative estimate of drug-likeness (QED) is 0.921. The van der Waals surface area contributed by atoms with E-state index in [1.165, 1.54) is 11.6 Å². The van der Waals surface area contributed by atoms with Gasteiger partial charge in [0.2, 0.25) is 0 Å². The molecule has 0 spiro atoms. The number of likely N-dealkylation sites (N-methyl/N-ethyl adjacent to an activating group) is 1. The first-order valence-corrected chi connectivity index (χ1v) is 6.79. The Labute approximate surface area is 120 Å². The van der Waals surface area contributed by atoms with E-state index in [0.717, 1.165) is 16.8 Å². The summed E-state index contributed by atoms with van der Waals surface area (Å²) in [4.78, 5) is 2.12. The SMILES string of the molecule is Cc1ccc(F)cc1C(CN)N(C)c1ccccc1C. The normalized spacial score (nSPS) is 12.2. The molecule has 0 aliphatic rings. The number of benzene rings is 2. The van der Waals surface area contributed by atoms with Gasteiger partial charge in [0.05, 0.1) is 6.04 Å². The summed E-state index contributed by atoms with van der Waals surface area (Å²) in [6, 6.07) is 13.0. The summed E-state index contributed by atoms with van der Waals surface area (Å²) in [5.74, 6) is -0.220. The molecule has 0 amide bonds. The number of aryl methyl sites for hydroxylation is 2. The Bertz CT molecular complexity index is 595. The van der Waals surface area contributed by atoms with Gasteiger partial charge in [-0.15, -0.1) is 0 Å². The van der Waals surface area contributed by atoms with Crippen molar-refractivity contribution in [1.82, 2.24) is 0 Å². The number of nitrogens with zero attached hydrogens (tertiary/aromatic N) is 1. The molecular weight excluding hydrogens is 251 g/mol. The van der Waals surface area contributed by atoms with E-state index in [0.29, 0.717) is 6.54 Å².